The van der Waals surface area contributed by atoms with E-state index in [9.17, 15) is 10.2 Å². The van der Waals surface area contributed by atoms with Crippen LogP contribution in [0.5, 0.6) is 0 Å². The molecule has 2 aromatic carbocycles. The van der Waals surface area contributed by atoms with Gasteiger partial charge in [-0.3, -0.25) is 0 Å². The van der Waals surface area contributed by atoms with Gasteiger partial charge in [-0.15, -0.1) is 0 Å². The van der Waals surface area contributed by atoms with E-state index >= 15 is 0 Å². The number of rotatable bonds is 6. The predicted octanol–water partition coefficient (Wildman–Crippen LogP) is 8.65. The zero-order valence-electron chi connectivity index (χ0n) is 26.3. The van der Waals surface area contributed by atoms with Crippen molar-refractivity contribution in [3.05, 3.63) is 61.5 Å². The van der Waals surface area contributed by atoms with Crippen molar-refractivity contribution in [3.8, 4) is 0 Å². The van der Waals surface area contributed by atoms with Gasteiger partial charge in [0.15, 0.2) is 0 Å². The maximum Gasteiger partial charge on any atom is 0.116 e. The van der Waals surface area contributed by atoms with Crippen LogP contribution in [0.25, 0.3) is 21.9 Å². The van der Waals surface area contributed by atoms with E-state index in [1.54, 1.807) is 0 Å². The van der Waals surface area contributed by atoms with Crippen molar-refractivity contribution < 1.29 is 34.7 Å². The molecule has 2 saturated carbocycles. The van der Waals surface area contributed by atoms with Gasteiger partial charge in [0.05, 0.1) is 12.2 Å². The minimum atomic E-state index is -0.319. The summed E-state index contributed by atoms with van der Waals surface area (Å²) in [6, 6.07) is 15.9. The van der Waals surface area contributed by atoms with Crippen LogP contribution in [0.3, 0.4) is 0 Å². The summed E-state index contributed by atoms with van der Waals surface area (Å²) >= 11 is 0. The quantitative estimate of drug-likeness (QED) is 0.247. The van der Waals surface area contributed by atoms with Crippen LogP contribution in [0.4, 0.5) is 5.69 Å². The molecule has 6 rings (SSSR count). The third-order valence-corrected chi connectivity index (χ3v) is 11.1. The van der Waals surface area contributed by atoms with E-state index in [0.29, 0.717) is 12.0 Å². The Hall–Kier alpha value is -1.85. The summed E-state index contributed by atoms with van der Waals surface area (Å²) in [5.74, 6) is 0.636. The van der Waals surface area contributed by atoms with E-state index < -0.39 is 0 Å². The Kier molecular flexibility index (Phi) is 10.6. The smallest absolute Gasteiger partial charge is 0.116 e. The van der Waals surface area contributed by atoms with Crippen molar-refractivity contribution in [2.75, 3.05) is 4.90 Å². The molecule has 4 unspecified atom stereocenters. The van der Waals surface area contributed by atoms with Crippen LogP contribution < -0.4 is 4.90 Å². The molecule has 0 amide bonds. The van der Waals surface area contributed by atoms with Crippen LogP contribution in [-0.2, 0) is 20.1 Å². The molecule has 42 heavy (non-hydrogen) atoms. The molecule has 0 spiro atoms. The molecular weight excluding hydrogens is 701 g/mol. The largest absolute Gasteiger partial charge is 0.514 e. The molecule has 3 aliphatic rings. The Labute approximate surface area is 266 Å². The first-order valence-electron chi connectivity index (χ1n) is 16.0. The molecule has 233 valence electrons. The second-order valence-electron chi connectivity index (χ2n) is 13.0. The fraction of sp³-hybridized carbons (Fsp3) is 0.583. The number of nitrogens with zero attached hydrogens (tertiary/aromatic N) is 2. The zero-order valence-corrected chi connectivity index (χ0v) is 28.7. The number of furan rings is 1. The number of hydrogen-bond donors (Lipinski definition) is 2. The molecule has 2 aliphatic carbocycles. The molecule has 1 radical (unpaired) electrons. The number of benzene rings is 2. The maximum absolute atomic E-state index is 11.1. The van der Waals surface area contributed by atoms with Crippen molar-refractivity contribution in [3.63, 3.8) is 0 Å². The molecule has 1 aromatic heterocycles. The van der Waals surface area contributed by atoms with E-state index in [0.717, 1.165) is 66.2 Å². The Morgan fingerprint density at radius 3 is 2.26 bits per heavy atom. The van der Waals surface area contributed by atoms with Gasteiger partial charge in [0.25, 0.3) is 0 Å². The van der Waals surface area contributed by atoms with Crippen molar-refractivity contribution in [1.29, 1.82) is 0 Å². The SMILES string of the molecule is CC(C)N1C=CN(c2[c-]ccc3c2oc2ccccc23)[CH-]1.CCC1(CC)CCCC2CC(CC)(CC)C(O)C2C1O.[Ir]. The molecule has 5 nitrogen and oxygen atoms in total. The summed E-state index contributed by atoms with van der Waals surface area (Å²) in [6.45, 7) is 15.2. The third kappa shape index (κ3) is 5.70. The summed E-state index contributed by atoms with van der Waals surface area (Å²) in [5, 5.41) is 24.4. The van der Waals surface area contributed by atoms with Gasteiger partial charge in [0, 0.05) is 37.0 Å². The van der Waals surface area contributed by atoms with E-state index in [4.69, 9.17) is 4.42 Å². The van der Waals surface area contributed by atoms with Gasteiger partial charge in [0.1, 0.15) is 5.58 Å². The molecule has 0 bridgehead atoms. The first-order chi connectivity index (χ1) is 19.7. The summed E-state index contributed by atoms with van der Waals surface area (Å²) < 4.78 is 6.05. The number of aliphatic hydroxyl groups excluding tert-OH is 2. The normalized spacial score (nSPS) is 26.2. The molecule has 2 heterocycles. The van der Waals surface area contributed by atoms with Crippen LogP contribution in [0.2, 0.25) is 0 Å². The summed E-state index contributed by atoms with van der Waals surface area (Å²) in [4.78, 5) is 4.22. The fourth-order valence-electron chi connectivity index (χ4n) is 8.10. The average molecular weight is 751 g/mol. The van der Waals surface area contributed by atoms with Gasteiger partial charge >= 0.3 is 0 Å². The number of hydrogen-bond acceptors (Lipinski definition) is 5. The Morgan fingerprint density at radius 1 is 0.952 bits per heavy atom. The minimum absolute atomic E-state index is 0. The first-order valence-corrected chi connectivity index (χ1v) is 16.0. The van der Waals surface area contributed by atoms with Crippen LogP contribution >= 0.6 is 0 Å². The summed E-state index contributed by atoms with van der Waals surface area (Å²) in [7, 11) is 0. The second-order valence-corrected chi connectivity index (χ2v) is 13.0. The number of anilines is 1. The Morgan fingerprint density at radius 2 is 1.62 bits per heavy atom. The standard InChI is InChI=1S/C18H16N2O.C18H34O2.Ir/c1-13(2)19-10-11-20(12-19)16-8-5-7-15-14-6-3-4-9-17(14)21-18(15)16;1-5-17(6-2)11-9-10-13-12-18(7-3,8-4)16(20)14(13)15(17)19;/h3-7,9-13H,1-2H3;13-16,19-20H,5-12H2,1-4H3;/q-2;;. The van der Waals surface area contributed by atoms with Gasteiger partial charge in [-0.05, 0) is 100 Å². The zero-order chi connectivity index (χ0) is 29.4. The molecular formula is C36H50IrN2O3-2. The fourth-order valence-corrected chi connectivity index (χ4v) is 8.10. The molecule has 0 saturated heterocycles. The molecule has 3 aromatic rings. The van der Waals surface area contributed by atoms with Crippen molar-refractivity contribution in [1.82, 2.24) is 4.90 Å². The van der Waals surface area contributed by atoms with E-state index in [2.05, 4.69) is 82.4 Å². The van der Waals surface area contributed by atoms with Gasteiger partial charge in [-0.2, -0.15) is 24.9 Å². The summed E-state index contributed by atoms with van der Waals surface area (Å²) in [6.07, 6.45) is 12.3. The Balaban J connectivity index is 0.000000189. The van der Waals surface area contributed by atoms with Crippen LogP contribution in [0.15, 0.2) is 53.2 Å². The third-order valence-electron chi connectivity index (χ3n) is 11.1. The summed E-state index contributed by atoms with van der Waals surface area (Å²) in [5.41, 5.74) is 2.84. The number of fused-ring (bicyclic) bond motifs is 4. The first kappa shape index (κ1) is 33.1. The van der Waals surface area contributed by atoms with E-state index in [1.165, 1.54) is 12.8 Å². The monoisotopic (exact) mass is 751 g/mol. The molecule has 6 heteroatoms. The molecule has 1 aliphatic heterocycles. The van der Waals surface area contributed by atoms with Gasteiger partial charge in [-0.1, -0.05) is 63.4 Å². The average Bonchev–Trinajstić information content (AvgIpc) is 3.68. The van der Waals surface area contributed by atoms with Crippen molar-refractivity contribution >= 4 is 27.6 Å². The van der Waals surface area contributed by atoms with E-state index in [-0.39, 0.29) is 49.1 Å². The van der Waals surface area contributed by atoms with Gasteiger partial charge < -0.3 is 24.4 Å². The van der Waals surface area contributed by atoms with Gasteiger partial charge in [0.2, 0.25) is 0 Å². The Bertz CT molecular complexity index is 1340. The minimum Gasteiger partial charge on any atom is -0.514 e. The van der Waals surface area contributed by atoms with Crippen LogP contribution in [0.1, 0.15) is 92.9 Å². The topological polar surface area (TPSA) is 60.1 Å². The van der Waals surface area contributed by atoms with Crippen LogP contribution in [0, 0.1) is 35.4 Å². The second kappa shape index (κ2) is 13.4. The van der Waals surface area contributed by atoms with Gasteiger partial charge in [-0.25, -0.2) is 0 Å². The maximum atomic E-state index is 11.1. The number of aliphatic hydroxyl groups is 2. The van der Waals surface area contributed by atoms with Crippen molar-refractivity contribution in [2.45, 2.75) is 111 Å². The van der Waals surface area contributed by atoms with E-state index in [1.807, 2.05) is 30.5 Å². The molecule has 2 N–H and O–H groups in total. The molecule has 4 atom stereocenters. The predicted molar refractivity (Wildman–Crippen MR) is 169 cm³/mol. The van der Waals surface area contributed by atoms with Crippen molar-refractivity contribution in [2.24, 2.45) is 22.7 Å². The molecule has 2 fully saturated rings. The van der Waals surface area contributed by atoms with Crippen LogP contribution in [-0.4, -0.2) is 33.4 Å². The number of para-hydroxylation sites is 1.